The number of nitrogens with zero attached hydrogens (tertiary/aromatic N) is 3. The first-order valence-corrected chi connectivity index (χ1v) is 22.2. The summed E-state index contributed by atoms with van der Waals surface area (Å²) in [7, 11) is 0. The van der Waals surface area contributed by atoms with Crippen molar-refractivity contribution in [2.75, 3.05) is 16.3 Å². The fourth-order valence-corrected chi connectivity index (χ4v) is 10.6. The van der Waals surface area contributed by atoms with Gasteiger partial charge in [0.1, 0.15) is 0 Å². The Hall–Kier alpha value is -4.65. The van der Waals surface area contributed by atoms with Crippen LogP contribution in [-0.4, -0.2) is 16.9 Å². The van der Waals surface area contributed by atoms with E-state index in [9.17, 15) is 4.79 Å². The van der Waals surface area contributed by atoms with E-state index in [1.54, 1.807) is 0 Å². The van der Waals surface area contributed by atoms with Crippen molar-refractivity contribution in [1.82, 2.24) is 4.40 Å². The Morgan fingerprint density at radius 2 is 1.12 bits per heavy atom. The van der Waals surface area contributed by atoms with Crippen LogP contribution in [-0.2, 0) is 27.2 Å². The second kappa shape index (κ2) is 16.0. The van der Waals surface area contributed by atoms with E-state index in [1.807, 2.05) is 16.2 Å². The van der Waals surface area contributed by atoms with Gasteiger partial charge in [0.05, 0.1) is 5.41 Å². The number of para-hydroxylation sites is 4. The molecule has 0 bridgehead atoms. The Balaban J connectivity index is 0.000000167. The molecular formula is C54H55AuN3OS-2. The number of amides is 1. The largest absolute Gasteiger partial charge is 0.502 e. The van der Waals surface area contributed by atoms with Crippen molar-refractivity contribution in [2.24, 2.45) is 5.41 Å². The van der Waals surface area contributed by atoms with E-state index in [4.69, 9.17) is 0 Å². The number of fused-ring (bicyclic) bond motifs is 9. The minimum Gasteiger partial charge on any atom is -0.502 e. The predicted octanol–water partition coefficient (Wildman–Crippen LogP) is 15.2. The van der Waals surface area contributed by atoms with Crippen LogP contribution >= 0.6 is 11.3 Å². The Morgan fingerprint density at radius 1 is 0.600 bits per heavy atom. The molecule has 1 fully saturated rings. The number of hydrogen-bond donors (Lipinski definition) is 0. The summed E-state index contributed by atoms with van der Waals surface area (Å²) in [6, 6.07) is 43.3. The van der Waals surface area contributed by atoms with Gasteiger partial charge in [0, 0.05) is 61.4 Å². The Labute approximate surface area is 375 Å². The van der Waals surface area contributed by atoms with Crippen LogP contribution in [0.4, 0.5) is 11.4 Å². The van der Waals surface area contributed by atoms with Crippen LogP contribution in [0.3, 0.4) is 0 Å². The summed E-state index contributed by atoms with van der Waals surface area (Å²) < 4.78 is 5.01. The molecule has 0 atom stereocenters. The van der Waals surface area contributed by atoms with E-state index in [0.717, 1.165) is 5.69 Å². The van der Waals surface area contributed by atoms with Crippen molar-refractivity contribution in [3.8, 4) is 0 Å². The summed E-state index contributed by atoms with van der Waals surface area (Å²) in [5.41, 5.74) is 10.8. The Morgan fingerprint density at radius 3 is 1.73 bits per heavy atom. The molecule has 4 heterocycles. The van der Waals surface area contributed by atoms with Gasteiger partial charge < -0.3 is 14.2 Å². The number of hydrogen-bond acceptors (Lipinski definition) is 3. The number of rotatable bonds is 6. The third-order valence-electron chi connectivity index (χ3n) is 12.4. The molecule has 9 aromatic rings. The summed E-state index contributed by atoms with van der Waals surface area (Å²) in [6.07, 6.45) is 0. The first kappa shape index (κ1) is 42.1. The Bertz CT molecular complexity index is 2990. The molecule has 1 aliphatic rings. The van der Waals surface area contributed by atoms with Crippen molar-refractivity contribution in [2.45, 2.75) is 92.9 Å². The van der Waals surface area contributed by atoms with E-state index < -0.39 is 5.41 Å². The zero-order valence-electron chi connectivity index (χ0n) is 36.4. The van der Waals surface area contributed by atoms with Crippen LogP contribution in [0.15, 0.2) is 109 Å². The molecule has 311 valence electrons. The maximum atomic E-state index is 13.9. The van der Waals surface area contributed by atoms with Gasteiger partial charge in [-0.05, 0) is 92.9 Å². The second-order valence-corrected chi connectivity index (χ2v) is 19.5. The van der Waals surface area contributed by atoms with Gasteiger partial charge in [-0.1, -0.05) is 157 Å². The molecule has 4 nitrogen and oxygen atoms in total. The molecule has 1 amide bonds. The van der Waals surface area contributed by atoms with E-state index in [1.165, 1.54) is 86.2 Å². The monoisotopic (exact) mass is 990 g/mol. The van der Waals surface area contributed by atoms with Gasteiger partial charge in [0.25, 0.3) is 0 Å². The fraction of sp³-hybridized carbons (Fsp3) is 0.296. The maximum Gasteiger partial charge on any atom is 0.206 e. The molecule has 6 aromatic carbocycles. The van der Waals surface area contributed by atoms with E-state index in [2.05, 4.69) is 200 Å². The van der Waals surface area contributed by atoms with E-state index >= 15 is 0 Å². The normalized spacial score (nSPS) is 14.6. The SMILES string of the molecule is CC(C)c1cccc(C(C)C)c1N1[CH-]N(c2c(C(C)C)cccc2C(C)C)C(=O)C(C)(C)C1.[Au].[c-]1c2sc3ccccc3c2cc2c1c1cccc3c4ccccc4n2c13. The summed E-state index contributed by atoms with van der Waals surface area (Å²) >= 11 is 1.84. The third kappa shape index (κ3) is 6.83. The van der Waals surface area contributed by atoms with Gasteiger partial charge >= 0.3 is 0 Å². The molecule has 1 aliphatic heterocycles. The summed E-state index contributed by atoms with van der Waals surface area (Å²) in [6.45, 7) is 24.8. The topological polar surface area (TPSA) is 28.0 Å². The van der Waals surface area contributed by atoms with Gasteiger partial charge in [-0.3, -0.25) is 4.79 Å². The molecule has 10 rings (SSSR count). The van der Waals surface area contributed by atoms with Crippen LogP contribution in [0.25, 0.3) is 58.3 Å². The summed E-state index contributed by atoms with van der Waals surface area (Å²) in [5, 5.41) is 7.82. The smallest absolute Gasteiger partial charge is 0.206 e. The van der Waals surface area contributed by atoms with E-state index in [-0.39, 0.29) is 28.3 Å². The standard InChI is InChI=1S/C30H43N2O.C24H12NS.Au/c1-19(2)23-13-11-14-24(20(3)4)27(23)31-17-30(9,10)29(33)32(18-31)28-25(21(5)6)15-12-16-26(28)22(7)8;1-3-10-20-14(6-1)16-8-5-9-17-18-13-23-19(12-21(18)25(20)24(16)17)15-7-2-4-11-22(15)26-23;/h11-16,18-22H,17H2,1-10H3;1-12H;/q2*-1;. The summed E-state index contributed by atoms with van der Waals surface area (Å²) in [5.74, 6) is 1.62. The van der Waals surface area contributed by atoms with Crippen molar-refractivity contribution in [3.63, 3.8) is 0 Å². The van der Waals surface area contributed by atoms with E-state index in [0.29, 0.717) is 30.2 Å². The zero-order chi connectivity index (χ0) is 41.5. The maximum absolute atomic E-state index is 13.9. The minimum absolute atomic E-state index is 0. The molecule has 0 unspecified atom stereocenters. The number of benzene rings is 6. The number of aromatic nitrogens is 1. The van der Waals surface area contributed by atoms with Crippen molar-refractivity contribution in [3.05, 3.63) is 144 Å². The number of carbonyl (C=O) groups is 1. The number of carbonyl (C=O) groups excluding carboxylic acids is 1. The minimum atomic E-state index is -0.509. The summed E-state index contributed by atoms with van der Waals surface area (Å²) in [4.78, 5) is 18.2. The molecule has 0 aliphatic carbocycles. The van der Waals surface area contributed by atoms with Crippen LogP contribution in [0.2, 0.25) is 0 Å². The molecule has 6 heteroatoms. The van der Waals surface area contributed by atoms with Crippen LogP contribution in [0.5, 0.6) is 0 Å². The third-order valence-corrected chi connectivity index (χ3v) is 13.5. The average molecular weight is 991 g/mol. The fourth-order valence-electron chi connectivity index (χ4n) is 9.52. The molecule has 60 heavy (non-hydrogen) atoms. The zero-order valence-corrected chi connectivity index (χ0v) is 39.4. The second-order valence-electron chi connectivity index (χ2n) is 18.4. The van der Waals surface area contributed by atoms with Crippen LogP contribution in [0, 0.1) is 18.2 Å². The number of anilines is 2. The molecule has 1 saturated heterocycles. The molecule has 3 aromatic heterocycles. The van der Waals surface area contributed by atoms with Crippen LogP contribution in [0.1, 0.15) is 115 Å². The van der Waals surface area contributed by atoms with Gasteiger partial charge in [-0.2, -0.15) is 11.3 Å². The van der Waals surface area contributed by atoms with Crippen LogP contribution < -0.4 is 9.80 Å². The van der Waals surface area contributed by atoms with Gasteiger partial charge in [0.15, 0.2) is 0 Å². The molecule has 0 saturated carbocycles. The van der Waals surface area contributed by atoms with Crippen molar-refractivity contribution >= 4 is 86.9 Å². The molecule has 0 spiro atoms. The quantitative estimate of drug-likeness (QED) is 0.123. The molecule has 1 radical (unpaired) electrons. The van der Waals surface area contributed by atoms with Gasteiger partial charge in [0.2, 0.25) is 5.91 Å². The first-order chi connectivity index (χ1) is 28.3. The number of thiophene rings is 1. The van der Waals surface area contributed by atoms with Gasteiger partial charge in [-0.25, -0.2) is 0 Å². The molecular weight excluding hydrogens is 936 g/mol. The molecule has 0 N–H and O–H groups in total. The average Bonchev–Trinajstić information content (AvgIpc) is 3.87. The van der Waals surface area contributed by atoms with Gasteiger partial charge in [-0.15, -0.1) is 24.2 Å². The van der Waals surface area contributed by atoms with Crippen molar-refractivity contribution in [1.29, 1.82) is 0 Å². The predicted molar refractivity (Wildman–Crippen MR) is 255 cm³/mol. The first-order valence-electron chi connectivity index (χ1n) is 21.4. The Kier molecular flexibility index (Phi) is 11.2. The van der Waals surface area contributed by atoms with Crippen molar-refractivity contribution < 1.29 is 27.2 Å².